The molecule has 0 fully saturated rings. The van der Waals surface area contributed by atoms with Crippen LogP contribution in [0.1, 0.15) is 48.0 Å². The molecule has 0 bridgehead atoms. The first kappa shape index (κ1) is 16.9. The number of aliphatic hydroxyl groups is 2. The van der Waals surface area contributed by atoms with Gasteiger partial charge in [-0.1, -0.05) is 27.7 Å². The molecule has 0 rings (SSSR count). The van der Waals surface area contributed by atoms with Crippen LogP contribution in [0.25, 0.3) is 0 Å². The van der Waals surface area contributed by atoms with Gasteiger partial charge in [0.25, 0.3) is 0 Å². The summed E-state index contributed by atoms with van der Waals surface area (Å²) in [6.07, 6.45) is 0.768. The Labute approximate surface area is 107 Å². The van der Waals surface area contributed by atoms with Crippen LogP contribution in [0.4, 0.5) is 0 Å². The number of hydrogen-bond acceptors (Lipinski definition) is 3. The Bertz CT molecular complexity index is 229. The zero-order valence-corrected chi connectivity index (χ0v) is 12.7. The summed E-state index contributed by atoms with van der Waals surface area (Å²) in [6.45, 7) is 14.2. The lowest BCUT2D eigenvalue weighted by molar-refractivity contribution is 0.0157. The van der Waals surface area contributed by atoms with Crippen LogP contribution in [0.2, 0.25) is 0 Å². The minimum absolute atomic E-state index is 0.0680. The lowest BCUT2D eigenvalue weighted by atomic mass is 9.81. The van der Waals surface area contributed by atoms with E-state index in [9.17, 15) is 10.2 Å². The topological polar surface area (TPSA) is 43.7 Å². The van der Waals surface area contributed by atoms with Gasteiger partial charge in [0.2, 0.25) is 0 Å². The quantitative estimate of drug-likeness (QED) is 0.722. The molecule has 0 aromatic rings. The van der Waals surface area contributed by atoms with E-state index in [-0.39, 0.29) is 17.4 Å². The maximum atomic E-state index is 9.89. The van der Waals surface area contributed by atoms with E-state index in [1.807, 2.05) is 13.8 Å². The molecule has 0 saturated carbocycles. The summed E-state index contributed by atoms with van der Waals surface area (Å²) in [5.41, 5.74) is -0.630. The second-order valence-electron chi connectivity index (χ2n) is 7.65. The van der Waals surface area contributed by atoms with E-state index in [0.717, 1.165) is 19.5 Å². The lowest BCUT2D eigenvalue weighted by Gasteiger charge is -2.37. The van der Waals surface area contributed by atoms with Crippen LogP contribution in [0.15, 0.2) is 0 Å². The van der Waals surface area contributed by atoms with E-state index < -0.39 is 5.60 Å². The van der Waals surface area contributed by atoms with Gasteiger partial charge in [-0.3, -0.25) is 0 Å². The smallest absolute Gasteiger partial charge is 0.0597 e. The molecule has 0 aliphatic rings. The largest absolute Gasteiger partial charge is 0.396 e. The van der Waals surface area contributed by atoms with Crippen molar-refractivity contribution in [1.29, 1.82) is 0 Å². The van der Waals surface area contributed by atoms with Crippen LogP contribution < -0.4 is 0 Å². The van der Waals surface area contributed by atoms with E-state index >= 15 is 0 Å². The highest BCUT2D eigenvalue weighted by atomic mass is 16.3. The van der Waals surface area contributed by atoms with Crippen molar-refractivity contribution in [1.82, 2.24) is 4.90 Å². The third kappa shape index (κ3) is 8.58. The van der Waals surface area contributed by atoms with Crippen molar-refractivity contribution < 1.29 is 10.2 Å². The summed E-state index contributed by atoms with van der Waals surface area (Å²) < 4.78 is 0. The van der Waals surface area contributed by atoms with Crippen LogP contribution in [-0.2, 0) is 0 Å². The SMILES string of the molecule is CN(CC(C)(C)CO)CC(C)(C)CC(C)(C)O. The van der Waals surface area contributed by atoms with Gasteiger partial charge in [-0.25, -0.2) is 0 Å². The molecule has 3 heteroatoms. The van der Waals surface area contributed by atoms with E-state index in [1.54, 1.807) is 0 Å². The van der Waals surface area contributed by atoms with Gasteiger partial charge in [0, 0.05) is 25.1 Å². The third-order valence-electron chi connectivity index (χ3n) is 2.74. The molecule has 0 amide bonds. The molecule has 0 aliphatic heterocycles. The van der Waals surface area contributed by atoms with Crippen LogP contribution in [0.5, 0.6) is 0 Å². The molecule has 0 atom stereocenters. The summed E-state index contributed by atoms with van der Waals surface area (Å²) in [6, 6.07) is 0. The summed E-state index contributed by atoms with van der Waals surface area (Å²) in [5, 5.41) is 19.1. The van der Waals surface area contributed by atoms with Crippen molar-refractivity contribution in [2.45, 2.75) is 53.6 Å². The molecule has 0 spiro atoms. The lowest BCUT2D eigenvalue weighted by Crippen LogP contribution is -2.41. The fourth-order valence-corrected chi connectivity index (χ4v) is 2.79. The second kappa shape index (κ2) is 5.68. The molecule has 0 aliphatic carbocycles. The van der Waals surface area contributed by atoms with Crippen molar-refractivity contribution in [2.75, 3.05) is 26.7 Å². The van der Waals surface area contributed by atoms with E-state index in [2.05, 4.69) is 39.6 Å². The van der Waals surface area contributed by atoms with Crippen molar-refractivity contribution in [3.8, 4) is 0 Å². The summed E-state index contributed by atoms with van der Waals surface area (Å²) in [4.78, 5) is 2.24. The Morgan fingerprint density at radius 3 is 1.65 bits per heavy atom. The van der Waals surface area contributed by atoms with Crippen molar-refractivity contribution in [3.05, 3.63) is 0 Å². The molecule has 104 valence electrons. The molecule has 3 nitrogen and oxygen atoms in total. The first-order chi connectivity index (χ1) is 7.37. The fourth-order valence-electron chi connectivity index (χ4n) is 2.79. The molecule has 0 aromatic heterocycles. The van der Waals surface area contributed by atoms with Crippen LogP contribution >= 0.6 is 0 Å². The number of rotatable bonds is 7. The first-order valence-corrected chi connectivity index (χ1v) is 6.39. The second-order valence-corrected chi connectivity index (χ2v) is 7.65. The van der Waals surface area contributed by atoms with E-state index in [0.29, 0.717) is 0 Å². The van der Waals surface area contributed by atoms with Gasteiger partial charge < -0.3 is 15.1 Å². The monoisotopic (exact) mass is 245 g/mol. The van der Waals surface area contributed by atoms with Gasteiger partial charge in [-0.2, -0.15) is 0 Å². The van der Waals surface area contributed by atoms with Crippen molar-refractivity contribution in [2.24, 2.45) is 10.8 Å². The van der Waals surface area contributed by atoms with Gasteiger partial charge >= 0.3 is 0 Å². The highest BCUT2D eigenvalue weighted by Gasteiger charge is 2.29. The van der Waals surface area contributed by atoms with Gasteiger partial charge in [-0.05, 0) is 32.7 Å². The molecular weight excluding hydrogens is 214 g/mol. The minimum atomic E-state index is -0.628. The summed E-state index contributed by atoms with van der Waals surface area (Å²) in [5.74, 6) is 0. The Morgan fingerprint density at radius 2 is 1.29 bits per heavy atom. The van der Waals surface area contributed by atoms with Crippen LogP contribution in [-0.4, -0.2) is 47.5 Å². The average Bonchev–Trinajstić information content (AvgIpc) is 1.96. The van der Waals surface area contributed by atoms with Gasteiger partial charge in [-0.15, -0.1) is 0 Å². The van der Waals surface area contributed by atoms with E-state index in [4.69, 9.17) is 0 Å². The Balaban J connectivity index is 4.32. The molecule has 2 N–H and O–H groups in total. The molecular formula is C14H31NO2. The Kier molecular flexibility index (Phi) is 5.64. The van der Waals surface area contributed by atoms with E-state index in [1.165, 1.54) is 0 Å². The predicted molar refractivity (Wildman–Crippen MR) is 73.1 cm³/mol. The highest BCUT2D eigenvalue weighted by molar-refractivity contribution is 4.82. The number of nitrogens with zero attached hydrogens (tertiary/aromatic N) is 1. The summed E-state index contributed by atoms with van der Waals surface area (Å²) >= 11 is 0. The van der Waals surface area contributed by atoms with Gasteiger partial charge in [0.05, 0.1) is 5.60 Å². The number of aliphatic hydroxyl groups excluding tert-OH is 1. The molecule has 17 heavy (non-hydrogen) atoms. The molecule has 0 unspecified atom stereocenters. The molecule has 0 aromatic carbocycles. The Morgan fingerprint density at radius 1 is 0.882 bits per heavy atom. The average molecular weight is 245 g/mol. The van der Waals surface area contributed by atoms with Crippen LogP contribution in [0.3, 0.4) is 0 Å². The third-order valence-corrected chi connectivity index (χ3v) is 2.74. The highest BCUT2D eigenvalue weighted by Crippen LogP contribution is 2.29. The Hall–Kier alpha value is -0.120. The van der Waals surface area contributed by atoms with Crippen molar-refractivity contribution in [3.63, 3.8) is 0 Å². The first-order valence-electron chi connectivity index (χ1n) is 6.39. The maximum Gasteiger partial charge on any atom is 0.0597 e. The standard InChI is InChI=1S/C14H31NO2/c1-12(2,8-14(5,6)17)9-15(7)10-13(3,4)11-16/h16-17H,8-11H2,1-7H3. The normalized spacial score (nSPS) is 14.5. The van der Waals surface area contributed by atoms with Crippen molar-refractivity contribution >= 4 is 0 Å². The fraction of sp³-hybridized carbons (Fsp3) is 1.00. The maximum absolute atomic E-state index is 9.89. The molecule has 0 saturated heterocycles. The van der Waals surface area contributed by atoms with Gasteiger partial charge in [0.15, 0.2) is 0 Å². The van der Waals surface area contributed by atoms with Crippen LogP contribution in [0, 0.1) is 10.8 Å². The molecule has 0 radical (unpaired) electrons. The minimum Gasteiger partial charge on any atom is -0.396 e. The number of hydrogen-bond donors (Lipinski definition) is 2. The molecule has 0 heterocycles. The van der Waals surface area contributed by atoms with Gasteiger partial charge in [0.1, 0.15) is 0 Å². The zero-order chi connectivity index (χ0) is 13.9. The zero-order valence-electron chi connectivity index (χ0n) is 12.7. The summed E-state index contributed by atoms with van der Waals surface area (Å²) in [7, 11) is 2.07. The predicted octanol–water partition coefficient (Wildman–Crippen LogP) is 2.12.